The smallest absolute Gasteiger partial charge is 0.238 e. The fourth-order valence-corrected chi connectivity index (χ4v) is 3.65. The van der Waals surface area contributed by atoms with Crippen LogP contribution in [0, 0.1) is 5.82 Å². The zero-order valence-electron chi connectivity index (χ0n) is 12.1. The second-order valence-corrected chi connectivity index (χ2v) is 7.21. The molecule has 0 bridgehead atoms. The Kier molecular flexibility index (Phi) is 4.99. The van der Waals surface area contributed by atoms with E-state index in [-0.39, 0.29) is 23.3 Å². The quantitative estimate of drug-likeness (QED) is 0.814. The molecule has 0 saturated carbocycles. The van der Waals surface area contributed by atoms with E-state index in [1.165, 1.54) is 30.0 Å². The largest absolute Gasteiger partial charge is 0.326 e. The highest BCUT2D eigenvalue weighted by Crippen LogP contribution is 2.38. The predicted molar refractivity (Wildman–Crippen MR) is 94.4 cm³/mol. The Morgan fingerprint density at radius 1 is 1.25 bits per heavy atom. The van der Waals surface area contributed by atoms with E-state index in [0.717, 1.165) is 4.90 Å². The maximum absolute atomic E-state index is 13.1. The van der Waals surface area contributed by atoms with Gasteiger partial charge in [0, 0.05) is 22.0 Å². The highest BCUT2D eigenvalue weighted by atomic mass is 35.5. The second-order valence-electron chi connectivity index (χ2n) is 5.12. The fraction of sp³-hybridized carbons (Fsp3) is 0.125. The minimum atomic E-state index is -0.563. The minimum absolute atomic E-state index is 0.0203. The summed E-state index contributed by atoms with van der Waals surface area (Å²) in [6.45, 7) is 0. The number of carbonyl (C=O) groups is 2. The number of nitrogens with one attached hydrogen (secondary N) is 2. The summed E-state index contributed by atoms with van der Waals surface area (Å²) in [5.74, 6) is -1.18. The number of hydrogen-bond acceptors (Lipinski definition) is 3. The second kappa shape index (κ2) is 7.01. The normalized spacial score (nSPS) is 16.3. The number of rotatable bonds is 3. The molecule has 4 nitrogen and oxygen atoms in total. The lowest BCUT2D eigenvalue weighted by Crippen LogP contribution is -2.32. The van der Waals surface area contributed by atoms with Crippen molar-refractivity contribution in [2.45, 2.75) is 16.6 Å². The number of hydrogen-bond donors (Lipinski definition) is 2. The van der Waals surface area contributed by atoms with Gasteiger partial charge in [0.05, 0.1) is 16.0 Å². The van der Waals surface area contributed by atoms with Crippen LogP contribution in [0.1, 0.15) is 6.42 Å². The van der Waals surface area contributed by atoms with Gasteiger partial charge in [-0.25, -0.2) is 4.39 Å². The summed E-state index contributed by atoms with van der Waals surface area (Å²) in [6.07, 6.45) is -0.0203. The van der Waals surface area contributed by atoms with Crippen molar-refractivity contribution in [2.75, 3.05) is 10.6 Å². The van der Waals surface area contributed by atoms with Gasteiger partial charge in [-0.15, -0.1) is 11.8 Å². The molecule has 0 aliphatic carbocycles. The lowest BCUT2D eigenvalue weighted by atomic mass is 10.2. The number of benzene rings is 2. The van der Waals surface area contributed by atoms with Crippen LogP contribution in [0.4, 0.5) is 15.8 Å². The van der Waals surface area contributed by atoms with Crippen LogP contribution in [0.2, 0.25) is 10.0 Å². The number of anilines is 2. The first-order chi connectivity index (χ1) is 11.4. The minimum Gasteiger partial charge on any atom is -0.326 e. The Morgan fingerprint density at radius 3 is 2.79 bits per heavy atom. The Morgan fingerprint density at radius 2 is 2.04 bits per heavy atom. The van der Waals surface area contributed by atoms with Crippen molar-refractivity contribution < 1.29 is 14.0 Å². The van der Waals surface area contributed by atoms with E-state index in [0.29, 0.717) is 16.4 Å². The number of fused-ring (bicyclic) bond motifs is 1. The van der Waals surface area contributed by atoms with Crippen LogP contribution in [0.25, 0.3) is 0 Å². The summed E-state index contributed by atoms with van der Waals surface area (Å²) in [4.78, 5) is 25.1. The van der Waals surface area contributed by atoms with Crippen LogP contribution in [-0.4, -0.2) is 17.1 Å². The molecule has 0 saturated heterocycles. The average Bonchev–Trinajstić information content (AvgIpc) is 2.52. The van der Waals surface area contributed by atoms with Crippen molar-refractivity contribution in [3.8, 4) is 0 Å². The van der Waals surface area contributed by atoms with Crippen molar-refractivity contribution in [3.63, 3.8) is 0 Å². The third kappa shape index (κ3) is 3.83. The Labute approximate surface area is 151 Å². The predicted octanol–water partition coefficient (Wildman–Crippen LogP) is 4.57. The number of halogens is 3. The summed E-state index contributed by atoms with van der Waals surface area (Å²) >= 11 is 12.9. The van der Waals surface area contributed by atoms with Crippen molar-refractivity contribution in [1.29, 1.82) is 0 Å². The van der Waals surface area contributed by atoms with Crippen molar-refractivity contribution in [1.82, 2.24) is 0 Å². The maximum Gasteiger partial charge on any atom is 0.238 e. The average molecular weight is 385 g/mol. The van der Waals surface area contributed by atoms with Crippen LogP contribution in [0.5, 0.6) is 0 Å². The highest BCUT2D eigenvalue weighted by molar-refractivity contribution is 8.01. The first kappa shape index (κ1) is 17.1. The van der Waals surface area contributed by atoms with Gasteiger partial charge < -0.3 is 10.6 Å². The molecular formula is C16H11Cl2FN2O2S. The standard InChI is InChI=1S/C16H11Cl2FN2O2S/c17-8-1-4-13-12(5-8)21-16(23)14(24-13)7-15(22)20-9-2-3-11(19)10(18)6-9/h1-6,14H,7H2,(H,20,22)(H,21,23). The molecule has 2 N–H and O–H groups in total. The molecule has 1 aliphatic heterocycles. The van der Waals surface area contributed by atoms with E-state index in [9.17, 15) is 14.0 Å². The molecular weight excluding hydrogens is 374 g/mol. The van der Waals surface area contributed by atoms with Gasteiger partial charge >= 0.3 is 0 Å². The van der Waals surface area contributed by atoms with Gasteiger partial charge in [0.1, 0.15) is 5.82 Å². The van der Waals surface area contributed by atoms with Crippen molar-refractivity contribution in [2.24, 2.45) is 0 Å². The van der Waals surface area contributed by atoms with Crippen LogP contribution in [0.15, 0.2) is 41.3 Å². The summed E-state index contributed by atoms with van der Waals surface area (Å²) in [7, 11) is 0. The number of amides is 2. The zero-order valence-corrected chi connectivity index (χ0v) is 14.4. The van der Waals surface area contributed by atoms with Gasteiger partial charge in [-0.1, -0.05) is 23.2 Å². The molecule has 0 spiro atoms. The zero-order chi connectivity index (χ0) is 17.3. The van der Waals surface area contributed by atoms with Crippen LogP contribution < -0.4 is 10.6 Å². The van der Waals surface area contributed by atoms with E-state index >= 15 is 0 Å². The van der Waals surface area contributed by atoms with Crippen molar-refractivity contribution >= 4 is 58.2 Å². The third-order valence-corrected chi connectivity index (χ3v) is 5.14. The molecule has 0 aromatic heterocycles. The summed E-state index contributed by atoms with van der Waals surface area (Å²) in [6, 6.07) is 9.08. The van der Waals surface area contributed by atoms with E-state index in [4.69, 9.17) is 23.2 Å². The van der Waals surface area contributed by atoms with Gasteiger partial charge in [0.2, 0.25) is 11.8 Å². The lowest BCUT2D eigenvalue weighted by molar-refractivity contribution is -0.120. The molecule has 1 heterocycles. The number of thioether (sulfide) groups is 1. The monoisotopic (exact) mass is 384 g/mol. The van der Waals surface area contributed by atoms with E-state index in [2.05, 4.69) is 10.6 Å². The highest BCUT2D eigenvalue weighted by Gasteiger charge is 2.29. The van der Waals surface area contributed by atoms with Crippen LogP contribution >= 0.6 is 35.0 Å². The van der Waals surface area contributed by atoms with Gasteiger partial charge in [-0.05, 0) is 36.4 Å². The van der Waals surface area contributed by atoms with Crippen LogP contribution in [-0.2, 0) is 9.59 Å². The molecule has 0 fully saturated rings. The lowest BCUT2D eigenvalue weighted by Gasteiger charge is -2.23. The molecule has 2 amide bonds. The Balaban J connectivity index is 1.67. The molecule has 124 valence electrons. The molecule has 0 radical (unpaired) electrons. The summed E-state index contributed by atoms with van der Waals surface area (Å²) in [5, 5.41) is 5.23. The van der Waals surface area contributed by atoms with Crippen LogP contribution in [0.3, 0.4) is 0 Å². The van der Waals surface area contributed by atoms with Gasteiger partial charge in [-0.3, -0.25) is 9.59 Å². The molecule has 3 rings (SSSR count). The SMILES string of the molecule is O=C(CC1Sc2ccc(Cl)cc2NC1=O)Nc1ccc(F)c(Cl)c1. The third-order valence-electron chi connectivity index (χ3n) is 3.34. The first-order valence-corrected chi connectivity index (χ1v) is 8.58. The van der Waals surface area contributed by atoms with E-state index in [1.807, 2.05) is 0 Å². The molecule has 8 heteroatoms. The summed E-state index contributed by atoms with van der Waals surface area (Å²) < 4.78 is 13.1. The number of carbonyl (C=O) groups excluding carboxylic acids is 2. The molecule has 1 atom stereocenters. The summed E-state index contributed by atoms with van der Waals surface area (Å²) in [5.41, 5.74) is 1.01. The topological polar surface area (TPSA) is 58.2 Å². The first-order valence-electron chi connectivity index (χ1n) is 6.94. The molecule has 1 unspecified atom stereocenters. The molecule has 2 aromatic rings. The Hall–Kier alpha value is -1.76. The fourth-order valence-electron chi connectivity index (χ4n) is 2.21. The maximum atomic E-state index is 13.1. The Bertz CT molecular complexity index is 832. The van der Waals surface area contributed by atoms with E-state index < -0.39 is 11.1 Å². The molecule has 1 aliphatic rings. The van der Waals surface area contributed by atoms with E-state index in [1.54, 1.807) is 18.2 Å². The van der Waals surface area contributed by atoms with Gasteiger partial charge in [-0.2, -0.15) is 0 Å². The van der Waals surface area contributed by atoms with Crippen molar-refractivity contribution in [3.05, 3.63) is 52.3 Å². The molecule has 2 aromatic carbocycles. The van der Waals surface area contributed by atoms with Gasteiger partial charge in [0.15, 0.2) is 0 Å². The molecule has 24 heavy (non-hydrogen) atoms. The van der Waals surface area contributed by atoms with Gasteiger partial charge in [0.25, 0.3) is 0 Å².